The van der Waals surface area contributed by atoms with Crippen LogP contribution in [0.4, 0.5) is 0 Å². The summed E-state index contributed by atoms with van der Waals surface area (Å²) < 4.78 is 0. The molecule has 1 saturated heterocycles. The van der Waals surface area contributed by atoms with E-state index in [0.29, 0.717) is 29.9 Å². The second-order valence-corrected chi connectivity index (χ2v) is 6.54. The summed E-state index contributed by atoms with van der Waals surface area (Å²) in [5.74, 6) is -0.102. The molecule has 25 heavy (non-hydrogen) atoms. The predicted molar refractivity (Wildman–Crippen MR) is 94.4 cm³/mol. The van der Waals surface area contributed by atoms with Crippen molar-refractivity contribution >= 4 is 28.7 Å². The van der Waals surface area contributed by atoms with Gasteiger partial charge >= 0.3 is 0 Å². The number of nitrogens with one attached hydrogen (secondary N) is 1. The summed E-state index contributed by atoms with van der Waals surface area (Å²) in [5, 5.41) is 11.1. The Morgan fingerprint density at radius 2 is 2.04 bits per heavy atom. The molecule has 7 nitrogen and oxygen atoms in total. The molecular weight excluding hydrogens is 340 g/mol. The van der Waals surface area contributed by atoms with Gasteiger partial charge in [-0.25, -0.2) is 4.98 Å². The Labute approximate surface area is 149 Å². The Morgan fingerprint density at radius 3 is 2.88 bits per heavy atom. The van der Waals surface area contributed by atoms with Crippen molar-refractivity contribution < 1.29 is 4.79 Å². The van der Waals surface area contributed by atoms with Gasteiger partial charge in [0.05, 0.1) is 6.04 Å². The number of piperazine rings is 1. The highest BCUT2D eigenvalue weighted by molar-refractivity contribution is 6.31. The van der Waals surface area contributed by atoms with Crippen LogP contribution in [0.5, 0.6) is 0 Å². The molecule has 0 aliphatic carbocycles. The van der Waals surface area contributed by atoms with Gasteiger partial charge in [0.1, 0.15) is 11.2 Å². The zero-order valence-electron chi connectivity index (χ0n) is 13.7. The summed E-state index contributed by atoms with van der Waals surface area (Å²) in [6.07, 6.45) is 0. The van der Waals surface area contributed by atoms with Gasteiger partial charge in [-0.05, 0) is 30.8 Å². The zero-order chi connectivity index (χ0) is 17.4. The first-order chi connectivity index (χ1) is 12.1. The quantitative estimate of drug-likeness (QED) is 0.761. The van der Waals surface area contributed by atoms with Crippen LogP contribution >= 0.6 is 11.6 Å². The van der Waals surface area contributed by atoms with Crippen LogP contribution in [-0.2, 0) is 0 Å². The molecule has 3 heterocycles. The number of halogens is 1. The van der Waals surface area contributed by atoms with E-state index in [2.05, 4.69) is 32.3 Å². The summed E-state index contributed by atoms with van der Waals surface area (Å²) in [6, 6.07) is 11.3. The predicted octanol–water partition coefficient (Wildman–Crippen LogP) is 2.14. The molecule has 128 valence electrons. The van der Waals surface area contributed by atoms with Crippen molar-refractivity contribution in [3.63, 3.8) is 0 Å². The van der Waals surface area contributed by atoms with Gasteiger partial charge in [0.2, 0.25) is 5.65 Å². The van der Waals surface area contributed by atoms with Crippen molar-refractivity contribution in [1.82, 2.24) is 30.2 Å². The van der Waals surface area contributed by atoms with Crippen LogP contribution in [0.2, 0.25) is 5.02 Å². The third-order valence-electron chi connectivity index (χ3n) is 4.60. The lowest BCUT2D eigenvalue weighted by Crippen LogP contribution is -2.49. The van der Waals surface area contributed by atoms with Crippen LogP contribution in [0.3, 0.4) is 0 Å². The van der Waals surface area contributed by atoms with E-state index in [1.165, 1.54) is 0 Å². The van der Waals surface area contributed by atoms with Crippen LogP contribution in [0.1, 0.15) is 22.1 Å². The second-order valence-electron chi connectivity index (χ2n) is 6.13. The number of hydrogen-bond acceptors (Lipinski definition) is 5. The number of amides is 1. The van der Waals surface area contributed by atoms with Crippen molar-refractivity contribution in [1.29, 1.82) is 0 Å². The minimum atomic E-state index is -0.102. The molecule has 1 atom stereocenters. The van der Waals surface area contributed by atoms with E-state index < -0.39 is 0 Å². The minimum absolute atomic E-state index is 0.0576. The highest BCUT2D eigenvalue weighted by Gasteiger charge is 2.30. The van der Waals surface area contributed by atoms with Gasteiger partial charge in [0, 0.05) is 24.7 Å². The molecule has 1 N–H and O–H groups in total. The van der Waals surface area contributed by atoms with E-state index in [-0.39, 0.29) is 11.9 Å². The SMILES string of the molecule is CN1CCN(C(=O)c2ccc3n[nH]nc3n2)C[C@@H]1c1ccccc1Cl. The Bertz CT molecular complexity index is 926. The van der Waals surface area contributed by atoms with Crippen molar-refractivity contribution in [2.75, 3.05) is 26.7 Å². The lowest BCUT2D eigenvalue weighted by molar-refractivity contribution is 0.0541. The van der Waals surface area contributed by atoms with Gasteiger partial charge in [-0.3, -0.25) is 9.69 Å². The number of fused-ring (bicyclic) bond motifs is 1. The number of pyridine rings is 1. The summed E-state index contributed by atoms with van der Waals surface area (Å²) in [6.45, 7) is 1.99. The molecule has 0 spiro atoms. The van der Waals surface area contributed by atoms with Crippen molar-refractivity contribution in [2.24, 2.45) is 0 Å². The molecule has 1 aromatic carbocycles. The summed E-state index contributed by atoms with van der Waals surface area (Å²) >= 11 is 6.36. The number of carbonyl (C=O) groups is 1. The number of likely N-dealkylation sites (N-methyl/N-ethyl adjacent to an activating group) is 1. The summed E-state index contributed by atoms with van der Waals surface area (Å²) in [4.78, 5) is 21.2. The lowest BCUT2D eigenvalue weighted by atomic mass is 10.0. The first kappa shape index (κ1) is 16.0. The van der Waals surface area contributed by atoms with Crippen molar-refractivity contribution in [3.8, 4) is 0 Å². The molecule has 1 amide bonds. The van der Waals surface area contributed by atoms with Crippen LogP contribution in [0.25, 0.3) is 11.2 Å². The smallest absolute Gasteiger partial charge is 0.272 e. The number of hydrogen-bond donors (Lipinski definition) is 1. The fourth-order valence-electron chi connectivity index (χ4n) is 3.16. The fourth-order valence-corrected chi connectivity index (χ4v) is 3.42. The van der Waals surface area contributed by atoms with Gasteiger partial charge in [-0.2, -0.15) is 10.3 Å². The third kappa shape index (κ3) is 2.96. The number of aromatic nitrogens is 4. The number of nitrogens with zero attached hydrogens (tertiary/aromatic N) is 5. The molecule has 0 bridgehead atoms. The number of aromatic amines is 1. The third-order valence-corrected chi connectivity index (χ3v) is 4.94. The molecule has 3 aromatic rings. The second kappa shape index (κ2) is 6.42. The number of carbonyl (C=O) groups excluding carboxylic acids is 1. The molecule has 0 unspecified atom stereocenters. The Hall–Kier alpha value is -2.51. The Balaban J connectivity index is 1.60. The van der Waals surface area contributed by atoms with Gasteiger partial charge in [-0.15, -0.1) is 5.10 Å². The van der Waals surface area contributed by atoms with E-state index in [1.807, 2.05) is 29.2 Å². The number of benzene rings is 1. The first-order valence-electron chi connectivity index (χ1n) is 8.05. The van der Waals surface area contributed by atoms with E-state index in [9.17, 15) is 4.79 Å². The van der Waals surface area contributed by atoms with Crippen LogP contribution in [0, 0.1) is 0 Å². The maximum absolute atomic E-state index is 12.9. The van der Waals surface area contributed by atoms with Crippen molar-refractivity contribution in [3.05, 3.63) is 52.7 Å². The first-order valence-corrected chi connectivity index (χ1v) is 8.43. The highest BCUT2D eigenvalue weighted by atomic mass is 35.5. The number of H-pyrrole nitrogens is 1. The minimum Gasteiger partial charge on any atom is -0.334 e. The lowest BCUT2D eigenvalue weighted by Gasteiger charge is -2.39. The van der Waals surface area contributed by atoms with Gasteiger partial charge in [-0.1, -0.05) is 29.8 Å². The summed E-state index contributed by atoms with van der Waals surface area (Å²) in [7, 11) is 2.05. The fraction of sp³-hybridized carbons (Fsp3) is 0.294. The Morgan fingerprint density at radius 1 is 1.20 bits per heavy atom. The summed E-state index contributed by atoms with van der Waals surface area (Å²) in [5.41, 5.74) is 2.50. The standard InChI is InChI=1S/C17H17ClN6O/c1-23-8-9-24(10-15(23)11-4-2-3-5-12(11)18)17(25)14-7-6-13-16(19-14)21-22-20-13/h2-7,15H,8-10H2,1H3,(H,19,20,21,22)/t15-/m1/s1. The molecule has 1 aliphatic heterocycles. The van der Waals surface area contributed by atoms with Crippen LogP contribution < -0.4 is 0 Å². The maximum Gasteiger partial charge on any atom is 0.272 e. The van der Waals surface area contributed by atoms with Crippen molar-refractivity contribution in [2.45, 2.75) is 6.04 Å². The Kier molecular flexibility index (Phi) is 4.10. The molecule has 1 fully saturated rings. The van der Waals surface area contributed by atoms with E-state index >= 15 is 0 Å². The van der Waals surface area contributed by atoms with Gasteiger partial charge in [0.25, 0.3) is 5.91 Å². The van der Waals surface area contributed by atoms with E-state index in [1.54, 1.807) is 12.1 Å². The highest BCUT2D eigenvalue weighted by Crippen LogP contribution is 2.30. The van der Waals surface area contributed by atoms with Gasteiger partial charge in [0.15, 0.2) is 0 Å². The van der Waals surface area contributed by atoms with E-state index in [0.717, 1.165) is 17.1 Å². The number of rotatable bonds is 2. The monoisotopic (exact) mass is 356 g/mol. The zero-order valence-corrected chi connectivity index (χ0v) is 14.4. The maximum atomic E-state index is 12.9. The van der Waals surface area contributed by atoms with Gasteiger partial charge < -0.3 is 4.90 Å². The molecule has 1 aliphatic rings. The molecular formula is C17H17ClN6O. The van der Waals surface area contributed by atoms with Crippen LogP contribution in [-0.4, -0.2) is 62.8 Å². The van der Waals surface area contributed by atoms with E-state index in [4.69, 9.17) is 11.6 Å². The largest absolute Gasteiger partial charge is 0.334 e. The van der Waals surface area contributed by atoms with Crippen LogP contribution in [0.15, 0.2) is 36.4 Å². The molecule has 0 radical (unpaired) electrons. The average Bonchev–Trinajstić information content (AvgIpc) is 3.10. The molecule has 8 heteroatoms. The normalized spacial score (nSPS) is 18.6. The molecule has 2 aromatic heterocycles. The molecule has 0 saturated carbocycles. The average molecular weight is 357 g/mol. The molecule has 4 rings (SSSR count). The topological polar surface area (TPSA) is 78.0 Å².